The molecule has 0 heterocycles. The molecule has 58 valence electrons. The van der Waals surface area contributed by atoms with Crippen LogP contribution in [0.2, 0.25) is 0 Å². The predicted molar refractivity (Wildman–Crippen MR) is 41.6 cm³/mol. The van der Waals surface area contributed by atoms with Crippen LogP contribution in [0, 0.1) is 6.92 Å². The van der Waals surface area contributed by atoms with Gasteiger partial charge in [-0.05, 0) is 18.6 Å². The van der Waals surface area contributed by atoms with Crippen molar-refractivity contribution in [2.45, 2.75) is 6.92 Å². The van der Waals surface area contributed by atoms with Crippen molar-refractivity contribution in [1.29, 1.82) is 0 Å². The lowest BCUT2D eigenvalue weighted by Gasteiger charge is -1.94. The largest absolute Gasteiger partial charge is 0.747 e. The zero-order valence-electron chi connectivity index (χ0n) is 6.02. The summed E-state index contributed by atoms with van der Waals surface area (Å²) < 4.78 is 14.9. The molecule has 0 aliphatic rings. The lowest BCUT2D eigenvalue weighted by atomic mass is 10.2. The van der Waals surface area contributed by atoms with Crippen molar-refractivity contribution in [1.82, 2.24) is 0 Å². The Morgan fingerprint density at radius 2 is 2.09 bits per heavy atom. The number of hydrogen-bond donors (Lipinski definition) is 1. The van der Waals surface area contributed by atoms with E-state index in [1.807, 2.05) is 19.1 Å². The van der Waals surface area contributed by atoms with E-state index in [9.17, 15) is 4.57 Å². The van der Waals surface area contributed by atoms with Crippen LogP contribution in [0.4, 0.5) is 0 Å². The van der Waals surface area contributed by atoms with Crippen molar-refractivity contribution in [3.8, 4) is 5.75 Å². The number of rotatable bonds is 2. The van der Waals surface area contributed by atoms with E-state index in [0.717, 1.165) is 5.56 Å². The van der Waals surface area contributed by atoms with E-state index in [1.54, 1.807) is 12.1 Å². The van der Waals surface area contributed by atoms with Crippen LogP contribution in [0.5, 0.6) is 5.75 Å². The molecule has 0 aromatic heterocycles. The Hall–Kier alpha value is -0.920. The summed E-state index contributed by atoms with van der Waals surface area (Å²) >= 11 is 0. The summed E-state index contributed by atoms with van der Waals surface area (Å²) in [6.45, 7) is 1.81. The Balaban J connectivity index is 2.86. The molecule has 4 heteroatoms. The first kappa shape index (κ1) is 8.18. The Bertz CT molecular complexity index is 272. The Morgan fingerprint density at radius 1 is 1.45 bits per heavy atom. The van der Waals surface area contributed by atoms with Crippen molar-refractivity contribution in [2.75, 3.05) is 0 Å². The molecule has 1 N–H and O–H groups in total. The summed E-state index contributed by atoms with van der Waals surface area (Å²) in [5, 5.41) is 0. The molecule has 0 bridgehead atoms. The molecule has 0 radical (unpaired) electrons. The molecule has 1 unspecified atom stereocenters. The van der Waals surface area contributed by atoms with Crippen LogP contribution in [0.1, 0.15) is 5.56 Å². The van der Waals surface area contributed by atoms with Crippen LogP contribution in [0.25, 0.3) is 0 Å². The highest BCUT2D eigenvalue weighted by atomic mass is 31.1. The second-order valence-corrected chi connectivity index (χ2v) is 2.75. The molecule has 1 atom stereocenters. The molecule has 11 heavy (non-hydrogen) atoms. The Kier molecular flexibility index (Phi) is 2.58. The third-order valence-electron chi connectivity index (χ3n) is 1.27. The van der Waals surface area contributed by atoms with Crippen molar-refractivity contribution in [2.24, 2.45) is 0 Å². The highest BCUT2D eigenvalue weighted by molar-refractivity contribution is 7.32. The number of hydrogen-bond acceptors (Lipinski definition) is 2. The van der Waals surface area contributed by atoms with Crippen molar-refractivity contribution in [3.63, 3.8) is 0 Å². The highest BCUT2D eigenvalue weighted by Crippen LogP contribution is 2.25. The molecule has 1 aromatic rings. The van der Waals surface area contributed by atoms with Crippen LogP contribution < -0.4 is 4.52 Å². The van der Waals surface area contributed by atoms with Crippen molar-refractivity contribution < 1.29 is 14.0 Å². The zero-order valence-corrected chi connectivity index (χ0v) is 6.91. The molecule has 0 aliphatic carbocycles. The average molecular weight is 171 g/mol. The van der Waals surface area contributed by atoms with E-state index in [4.69, 9.17) is 4.89 Å². The second-order valence-electron chi connectivity index (χ2n) is 2.09. The highest BCUT2D eigenvalue weighted by Gasteiger charge is 2.14. The number of aryl methyl sites for hydroxylation is 1. The first-order valence-corrected chi connectivity index (χ1v) is 4.23. The molecule has 1 rings (SSSR count). The van der Waals surface area contributed by atoms with E-state index in [0.29, 0.717) is 5.75 Å². The normalized spacial score (nSPS) is 10.9. The fourth-order valence-electron chi connectivity index (χ4n) is 0.743. The fraction of sp³-hybridized carbons (Fsp3) is 0.143. The molecule has 1 aromatic carbocycles. The van der Waals surface area contributed by atoms with Gasteiger partial charge in [-0.15, -0.1) is 4.89 Å². The van der Waals surface area contributed by atoms with Gasteiger partial charge < -0.3 is 0 Å². The van der Waals surface area contributed by atoms with E-state index in [-0.39, 0.29) is 0 Å². The maximum atomic E-state index is 10.2. The van der Waals surface area contributed by atoms with Gasteiger partial charge in [-0.3, -0.25) is 0 Å². The second kappa shape index (κ2) is 3.46. The zero-order chi connectivity index (χ0) is 8.27. The van der Waals surface area contributed by atoms with Gasteiger partial charge in [0, 0.05) is 4.57 Å². The molecule has 0 amide bonds. The topological polar surface area (TPSA) is 46.5 Å². The van der Waals surface area contributed by atoms with Crippen LogP contribution in [0.3, 0.4) is 0 Å². The smallest absolute Gasteiger partial charge is 0.229 e. The molecule has 0 aliphatic heterocycles. The summed E-state index contributed by atoms with van der Waals surface area (Å²) in [6.07, 6.45) is 0. The van der Waals surface area contributed by atoms with E-state index >= 15 is 0 Å². The van der Waals surface area contributed by atoms with Gasteiger partial charge in [0.15, 0.2) is 5.75 Å². The summed E-state index contributed by atoms with van der Waals surface area (Å²) in [4.78, 5) is 8.42. The Morgan fingerprint density at radius 3 is 2.64 bits per heavy atom. The minimum Gasteiger partial charge on any atom is -0.229 e. The van der Waals surface area contributed by atoms with Gasteiger partial charge in [-0.2, -0.15) is 0 Å². The first-order valence-electron chi connectivity index (χ1n) is 3.10. The SMILES string of the molecule is Cc1ccccc1O[P+](=O)O. The number of para-hydroxylation sites is 1. The molecule has 3 nitrogen and oxygen atoms in total. The maximum Gasteiger partial charge on any atom is 0.747 e. The predicted octanol–water partition coefficient (Wildman–Crippen LogP) is 2.02. The van der Waals surface area contributed by atoms with E-state index in [1.165, 1.54) is 0 Å². The molecule has 0 saturated heterocycles. The van der Waals surface area contributed by atoms with Gasteiger partial charge in [0.2, 0.25) is 0 Å². The molecular weight excluding hydrogens is 163 g/mol. The van der Waals surface area contributed by atoms with Gasteiger partial charge in [0.05, 0.1) is 0 Å². The van der Waals surface area contributed by atoms with E-state index < -0.39 is 8.25 Å². The summed E-state index contributed by atoms with van der Waals surface area (Å²) in [6, 6.07) is 7.06. The molecule has 0 saturated carbocycles. The minimum atomic E-state index is -2.54. The van der Waals surface area contributed by atoms with Gasteiger partial charge in [0.1, 0.15) is 0 Å². The van der Waals surface area contributed by atoms with Gasteiger partial charge >= 0.3 is 8.25 Å². The van der Waals surface area contributed by atoms with Crippen LogP contribution in [-0.4, -0.2) is 4.89 Å². The Labute approximate surface area is 65.6 Å². The van der Waals surface area contributed by atoms with Gasteiger partial charge in [0.25, 0.3) is 0 Å². The van der Waals surface area contributed by atoms with Crippen LogP contribution >= 0.6 is 8.25 Å². The molecule has 0 fully saturated rings. The standard InChI is InChI=1S/C7H7O3P/c1-6-4-2-3-5-7(6)10-11(8)9/h2-5H,1H3/p+1. The fourth-order valence-corrected chi connectivity index (χ4v) is 1.12. The van der Waals surface area contributed by atoms with Crippen LogP contribution in [-0.2, 0) is 4.57 Å². The van der Waals surface area contributed by atoms with Gasteiger partial charge in [-0.25, -0.2) is 4.52 Å². The van der Waals surface area contributed by atoms with Gasteiger partial charge in [-0.1, -0.05) is 18.2 Å². The first-order chi connectivity index (χ1) is 5.20. The third kappa shape index (κ3) is 2.30. The van der Waals surface area contributed by atoms with Crippen molar-refractivity contribution >= 4 is 8.25 Å². The summed E-state index contributed by atoms with van der Waals surface area (Å²) in [5.41, 5.74) is 0.852. The minimum absolute atomic E-state index is 0.455. The lowest BCUT2D eigenvalue weighted by molar-refractivity contribution is 0.409. The summed E-state index contributed by atoms with van der Waals surface area (Å²) in [7, 11) is -2.54. The number of benzene rings is 1. The lowest BCUT2D eigenvalue weighted by Crippen LogP contribution is -1.82. The van der Waals surface area contributed by atoms with Crippen molar-refractivity contribution in [3.05, 3.63) is 29.8 Å². The average Bonchev–Trinajstić information content (AvgIpc) is 1.93. The summed E-state index contributed by atoms with van der Waals surface area (Å²) in [5.74, 6) is 0.455. The van der Waals surface area contributed by atoms with E-state index in [2.05, 4.69) is 4.52 Å². The monoisotopic (exact) mass is 171 g/mol. The quantitative estimate of drug-likeness (QED) is 0.692. The van der Waals surface area contributed by atoms with Crippen LogP contribution in [0.15, 0.2) is 24.3 Å². The molecule has 0 spiro atoms. The molecular formula is C7H8O3P+. The third-order valence-corrected chi connectivity index (χ3v) is 1.62. The maximum absolute atomic E-state index is 10.2.